The largest absolute Gasteiger partial charge is 0.454 e. The molecular formula is C24H23N3O6S. The third kappa shape index (κ3) is 5.29. The Morgan fingerprint density at radius 3 is 2.29 bits per heavy atom. The van der Waals surface area contributed by atoms with E-state index in [2.05, 4.69) is 5.32 Å². The van der Waals surface area contributed by atoms with Gasteiger partial charge >= 0.3 is 6.03 Å². The number of urea groups is 1. The lowest BCUT2D eigenvalue weighted by Gasteiger charge is -2.25. The summed E-state index contributed by atoms with van der Waals surface area (Å²) in [5, 5.41) is 2.52. The van der Waals surface area contributed by atoms with Gasteiger partial charge in [-0.1, -0.05) is 48.5 Å². The maximum absolute atomic E-state index is 13.4. The number of hydrogen-bond acceptors (Lipinski definition) is 6. The summed E-state index contributed by atoms with van der Waals surface area (Å²) in [6.45, 7) is 0.102. The molecule has 1 atom stereocenters. The molecule has 0 aromatic heterocycles. The van der Waals surface area contributed by atoms with Crippen molar-refractivity contribution in [3.63, 3.8) is 0 Å². The van der Waals surface area contributed by atoms with Crippen LogP contribution in [0.15, 0.2) is 83.8 Å². The van der Waals surface area contributed by atoms with Crippen molar-refractivity contribution in [3.8, 4) is 11.5 Å². The zero-order chi connectivity index (χ0) is 24.1. The van der Waals surface area contributed by atoms with E-state index in [0.29, 0.717) is 17.2 Å². The van der Waals surface area contributed by atoms with Gasteiger partial charge in [-0.25, -0.2) is 17.9 Å². The van der Waals surface area contributed by atoms with E-state index in [9.17, 15) is 18.0 Å². The van der Waals surface area contributed by atoms with Gasteiger partial charge in [0.2, 0.25) is 12.7 Å². The number of ether oxygens (including phenoxy) is 2. The van der Waals surface area contributed by atoms with Crippen molar-refractivity contribution in [2.45, 2.75) is 17.4 Å². The Labute approximate surface area is 197 Å². The van der Waals surface area contributed by atoms with Crippen LogP contribution in [-0.4, -0.2) is 40.2 Å². The standard InChI is InChI=1S/C24H23N3O6S/c1-27(18-12-13-21-22(15-18)33-16-32-21)23(28)20(14-17-8-4-2-5-9-17)25-24(29)26-34(30,31)19-10-6-3-7-11-19/h2-13,15,20H,14,16H2,1H3,(H2,25,26,29)/t20-/m0/s1. The normalized spacial score (nSPS) is 13.1. The van der Waals surface area contributed by atoms with Gasteiger partial charge in [-0.15, -0.1) is 0 Å². The van der Waals surface area contributed by atoms with Gasteiger partial charge < -0.3 is 19.7 Å². The lowest BCUT2D eigenvalue weighted by atomic mass is 10.0. The Balaban J connectivity index is 1.54. The predicted molar refractivity (Wildman–Crippen MR) is 125 cm³/mol. The number of benzene rings is 3. The van der Waals surface area contributed by atoms with Crippen LogP contribution in [0.1, 0.15) is 5.56 Å². The molecule has 0 radical (unpaired) electrons. The molecular weight excluding hydrogens is 458 g/mol. The Bertz CT molecular complexity index is 1280. The van der Waals surface area contributed by atoms with Crippen LogP contribution in [-0.2, 0) is 21.2 Å². The molecule has 34 heavy (non-hydrogen) atoms. The van der Waals surface area contributed by atoms with Gasteiger partial charge in [0.25, 0.3) is 10.0 Å². The molecule has 0 aliphatic carbocycles. The fraction of sp³-hybridized carbons (Fsp3) is 0.167. The average molecular weight is 482 g/mol. The second-order valence-corrected chi connectivity index (χ2v) is 9.25. The number of carbonyl (C=O) groups excluding carboxylic acids is 2. The van der Waals surface area contributed by atoms with Crippen LogP contribution in [0.25, 0.3) is 0 Å². The summed E-state index contributed by atoms with van der Waals surface area (Å²) in [6, 6.07) is 19.6. The number of fused-ring (bicyclic) bond motifs is 1. The van der Waals surface area contributed by atoms with E-state index in [4.69, 9.17) is 9.47 Å². The summed E-state index contributed by atoms with van der Waals surface area (Å²) in [5.74, 6) is 0.653. The number of carbonyl (C=O) groups is 2. The summed E-state index contributed by atoms with van der Waals surface area (Å²) in [5.41, 5.74) is 1.33. The Morgan fingerprint density at radius 2 is 1.59 bits per heavy atom. The minimum Gasteiger partial charge on any atom is -0.454 e. The van der Waals surface area contributed by atoms with E-state index < -0.39 is 28.0 Å². The maximum Gasteiger partial charge on any atom is 0.329 e. The first-order valence-corrected chi connectivity index (χ1v) is 11.9. The molecule has 1 aliphatic rings. The molecule has 0 saturated heterocycles. The second kappa shape index (κ2) is 9.84. The van der Waals surface area contributed by atoms with Crippen molar-refractivity contribution in [1.29, 1.82) is 0 Å². The van der Waals surface area contributed by atoms with Crippen LogP contribution >= 0.6 is 0 Å². The predicted octanol–water partition coefficient (Wildman–Crippen LogP) is 2.68. The topological polar surface area (TPSA) is 114 Å². The molecule has 3 amide bonds. The molecule has 0 saturated carbocycles. The monoisotopic (exact) mass is 481 g/mol. The molecule has 9 nitrogen and oxygen atoms in total. The number of nitrogens with zero attached hydrogens (tertiary/aromatic N) is 1. The van der Waals surface area contributed by atoms with Gasteiger partial charge in [0, 0.05) is 25.2 Å². The Morgan fingerprint density at radius 1 is 0.941 bits per heavy atom. The highest BCUT2D eigenvalue weighted by Gasteiger charge is 2.28. The number of likely N-dealkylation sites (N-methyl/N-ethyl adjacent to an activating group) is 1. The SMILES string of the molecule is CN(C(=O)[C@H](Cc1ccccc1)NC(=O)NS(=O)(=O)c1ccccc1)c1ccc2c(c1)OCO2. The number of hydrogen-bond donors (Lipinski definition) is 2. The molecule has 176 valence electrons. The van der Waals surface area contributed by atoms with Crippen LogP contribution in [0.5, 0.6) is 11.5 Å². The van der Waals surface area contributed by atoms with E-state index >= 15 is 0 Å². The molecule has 4 rings (SSSR count). The molecule has 1 aliphatic heterocycles. The van der Waals surface area contributed by atoms with E-state index in [1.165, 1.54) is 17.0 Å². The van der Waals surface area contributed by atoms with Gasteiger partial charge in [0.05, 0.1) is 4.90 Å². The molecule has 0 spiro atoms. The van der Waals surface area contributed by atoms with Gasteiger partial charge in [0.1, 0.15) is 6.04 Å². The maximum atomic E-state index is 13.4. The van der Waals surface area contributed by atoms with Crippen molar-refractivity contribution < 1.29 is 27.5 Å². The Hall–Kier alpha value is -4.05. The summed E-state index contributed by atoms with van der Waals surface area (Å²) in [7, 11) is -2.53. The highest BCUT2D eigenvalue weighted by molar-refractivity contribution is 7.90. The van der Waals surface area contributed by atoms with Crippen molar-refractivity contribution in [3.05, 3.63) is 84.4 Å². The van der Waals surface area contributed by atoms with E-state index in [0.717, 1.165) is 5.56 Å². The molecule has 2 N–H and O–H groups in total. The smallest absolute Gasteiger partial charge is 0.329 e. The number of amides is 3. The minimum absolute atomic E-state index is 0.0615. The quantitative estimate of drug-likeness (QED) is 0.536. The van der Waals surface area contributed by atoms with Gasteiger partial charge in [0.15, 0.2) is 11.5 Å². The third-order valence-corrected chi connectivity index (χ3v) is 6.59. The first-order valence-electron chi connectivity index (χ1n) is 10.4. The summed E-state index contributed by atoms with van der Waals surface area (Å²) >= 11 is 0. The summed E-state index contributed by atoms with van der Waals surface area (Å²) < 4.78 is 37.7. The first-order chi connectivity index (χ1) is 16.3. The lowest BCUT2D eigenvalue weighted by molar-refractivity contribution is -0.120. The van der Waals surface area contributed by atoms with E-state index in [-0.39, 0.29) is 18.1 Å². The van der Waals surface area contributed by atoms with E-state index in [1.54, 1.807) is 43.4 Å². The lowest BCUT2D eigenvalue weighted by Crippen LogP contribution is -2.52. The van der Waals surface area contributed by atoms with Crippen LogP contribution in [0.3, 0.4) is 0 Å². The molecule has 0 unspecified atom stereocenters. The van der Waals surface area contributed by atoms with Crippen molar-refractivity contribution in [2.75, 3.05) is 18.7 Å². The zero-order valence-electron chi connectivity index (χ0n) is 18.3. The highest BCUT2D eigenvalue weighted by atomic mass is 32.2. The van der Waals surface area contributed by atoms with E-state index in [1.807, 2.05) is 35.1 Å². The van der Waals surface area contributed by atoms with Crippen molar-refractivity contribution in [1.82, 2.24) is 10.0 Å². The zero-order valence-corrected chi connectivity index (χ0v) is 19.1. The molecule has 3 aromatic carbocycles. The minimum atomic E-state index is -4.10. The third-order valence-electron chi connectivity index (χ3n) is 5.24. The molecule has 10 heteroatoms. The van der Waals surface area contributed by atoms with Crippen LogP contribution in [0.4, 0.5) is 10.5 Å². The molecule has 3 aromatic rings. The van der Waals surface area contributed by atoms with Crippen LogP contribution in [0.2, 0.25) is 0 Å². The van der Waals surface area contributed by atoms with Gasteiger partial charge in [-0.2, -0.15) is 0 Å². The molecule has 0 bridgehead atoms. The number of anilines is 1. The van der Waals surface area contributed by atoms with Crippen LogP contribution < -0.4 is 24.4 Å². The number of sulfonamides is 1. The number of nitrogens with one attached hydrogen (secondary N) is 2. The fourth-order valence-electron chi connectivity index (χ4n) is 3.47. The second-order valence-electron chi connectivity index (χ2n) is 7.57. The molecule has 0 fully saturated rings. The first kappa shape index (κ1) is 23.1. The fourth-order valence-corrected chi connectivity index (χ4v) is 4.41. The number of rotatable bonds is 7. The summed E-state index contributed by atoms with van der Waals surface area (Å²) in [4.78, 5) is 27.3. The summed E-state index contributed by atoms with van der Waals surface area (Å²) in [6.07, 6.45) is 0.160. The van der Waals surface area contributed by atoms with Crippen LogP contribution in [0, 0.1) is 0 Å². The van der Waals surface area contributed by atoms with Crippen molar-refractivity contribution in [2.24, 2.45) is 0 Å². The Kier molecular flexibility index (Phi) is 6.69. The highest BCUT2D eigenvalue weighted by Crippen LogP contribution is 2.35. The molecule has 1 heterocycles. The van der Waals surface area contributed by atoms with Crippen molar-refractivity contribution >= 4 is 27.6 Å². The average Bonchev–Trinajstić information content (AvgIpc) is 3.31. The van der Waals surface area contributed by atoms with Gasteiger partial charge in [-0.3, -0.25) is 4.79 Å². The van der Waals surface area contributed by atoms with Gasteiger partial charge in [-0.05, 0) is 29.8 Å².